The summed E-state index contributed by atoms with van der Waals surface area (Å²) < 4.78 is 19.0. The molecule has 0 bridgehead atoms. The molecule has 2 rings (SSSR count). The molecule has 0 radical (unpaired) electrons. The van der Waals surface area contributed by atoms with Crippen LogP contribution in [0.2, 0.25) is 0 Å². The SMILES string of the molecule is N/C(=N/O)c1ncccc1COc1ccc(F)c(Br)c1. The van der Waals surface area contributed by atoms with Crippen molar-refractivity contribution in [2.45, 2.75) is 6.61 Å². The van der Waals surface area contributed by atoms with E-state index < -0.39 is 0 Å². The summed E-state index contributed by atoms with van der Waals surface area (Å²) in [5, 5.41) is 11.6. The first-order valence-corrected chi connectivity index (χ1v) is 6.40. The van der Waals surface area contributed by atoms with E-state index in [2.05, 4.69) is 26.1 Å². The summed E-state index contributed by atoms with van der Waals surface area (Å²) in [6.07, 6.45) is 1.53. The number of nitrogens with zero attached hydrogens (tertiary/aromatic N) is 2. The number of amidine groups is 1. The first kappa shape index (κ1) is 14.3. The van der Waals surface area contributed by atoms with E-state index in [0.717, 1.165) is 0 Å². The predicted molar refractivity (Wildman–Crippen MR) is 75.2 cm³/mol. The standard InChI is InChI=1S/C13H11BrFN3O2/c14-10-6-9(3-4-11(10)15)20-7-8-2-1-5-17-12(8)13(16)18-19/h1-6,19H,7H2,(H2,16,18). The van der Waals surface area contributed by atoms with Crippen molar-refractivity contribution >= 4 is 21.8 Å². The van der Waals surface area contributed by atoms with Crippen LogP contribution in [0.5, 0.6) is 5.75 Å². The highest BCUT2D eigenvalue weighted by atomic mass is 79.9. The molecule has 0 fully saturated rings. The zero-order valence-electron chi connectivity index (χ0n) is 10.3. The van der Waals surface area contributed by atoms with Gasteiger partial charge in [0.15, 0.2) is 5.84 Å². The van der Waals surface area contributed by atoms with Crippen LogP contribution in [0.25, 0.3) is 0 Å². The van der Waals surface area contributed by atoms with Crippen molar-refractivity contribution in [1.82, 2.24) is 4.98 Å². The van der Waals surface area contributed by atoms with E-state index in [4.69, 9.17) is 15.7 Å². The summed E-state index contributed by atoms with van der Waals surface area (Å²) in [4.78, 5) is 4.03. The third-order valence-corrected chi connectivity index (χ3v) is 3.13. The largest absolute Gasteiger partial charge is 0.489 e. The van der Waals surface area contributed by atoms with Crippen molar-refractivity contribution in [3.63, 3.8) is 0 Å². The van der Waals surface area contributed by atoms with E-state index in [1.165, 1.54) is 24.4 Å². The van der Waals surface area contributed by atoms with Crippen LogP contribution >= 0.6 is 15.9 Å². The van der Waals surface area contributed by atoms with E-state index in [9.17, 15) is 4.39 Å². The number of benzene rings is 1. The summed E-state index contributed by atoms with van der Waals surface area (Å²) in [7, 11) is 0. The Kier molecular flexibility index (Phi) is 4.52. The Hall–Kier alpha value is -2.15. The molecular formula is C13H11BrFN3O2. The Morgan fingerprint density at radius 1 is 1.45 bits per heavy atom. The third-order valence-electron chi connectivity index (χ3n) is 2.53. The Bertz CT molecular complexity index is 649. The van der Waals surface area contributed by atoms with Crippen LogP contribution in [0.3, 0.4) is 0 Å². The number of hydrogen-bond acceptors (Lipinski definition) is 4. The fraction of sp³-hybridized carbons (Fsp3) is 0.0769. The Morgan fingerprint density at radius 3 is 2.95 bits per heavy atom. The predicted octanol–water partition coefficient (Wildman–Crippen LogP) is 2.66. The zero-order chi connectivity index (χ0) is 14.5. The van der Waals surface area contributed by atoms with E-state index in [0.29, 0.717) is 21.5 Å². The normalized spacial score (nSPS) is 11.4. The molecule has 1 aromatic heterocycles. The van der Waals surface area contributed by atoms with Crippen LogP contribution in [0.15, 0.2) is 46.2 Å². The quantitative estimate of drug-likeness (QED) is 0.388. The van der Waals surface area contributed by atoms with Crippen molar-refractivity contribution < 1.29 is 14.3 Å². The molecule has 0 unspecified atom stereocenters. The smallest absolute Gasteiger partial charge is 0.189 e. The summed E-state index contributed by atoms with van der Waals surface area (Å²) in [5.41, 5.74) is 6.53. The lowest BCUT2D eigenvalue weighted by atomic mass is 10.2. The summed E-state index contributed by atoms with van der Waals surface area (Å²) >= 11 is 3.08. The molecule has 5 nitrogen and oxygen atoms in total. The van der Waals surface area contributed by atoms with Gasteiger partial charge < -0.3 is 15.7 Å². The molecule has 3 N–H and O–H groups in total. The van der Waals surface area contributed by atoms with Crippen LogP contribution in [0, 0.1) is 5.82 Å². The number of nitrogens with two attached hydrogens (primary N) is 1. The molecule has 0 spiro atoms. The van der Waals surface area contributed by atoms with Crippen LogP contribution in [0.1, 0.15) is 11.3 Å². The van der Waals surface area contributed by atoms with Crippen molar-refractivity contribution in [3.8, 4) is 5.75 Å². The second kappa shape index (κ2) is 6.33. The Labute approximate surface area is 123 Å². The Balaban J connectivity index is 2.17. The minimum Gasteiger partial charge on any atom is -0.489 e. The van der Waals surface area contributed by atoms with Gasteiger partial charge in [0.2, 0.25) is 0 Å². The molecular weight excluding hydrogens is 329 g/mol. The molecule has 0 aliphatic heterocycles. The molecule has 0 aliphatic rings. The monoisotopic (exact) mass is 339 g/mol. The highest BCUT2D eigenvalue weighted by Gasteiger charge is 2.09. The van der Waals surface area contributed by atoms with Gasteiger partial charge in [0.1, 0.15) is 23.9 Å². The van der Waals surface area contributed by atoms with Gasteiger partial charge in [-0.25, -0.2) is 4.39 Å². The molecule has 1 aromatic carbocycles. The molecule has 0 saturated heterocycles. The second-order valence-electron chi connectivity index (χ2n) is 3.86. The van der Waals surface area contributed by atoms with Gasteiger partial charge in [-0.05, 0) is 40.2 Å². The molecule has 1 heterocycles. The average Bonchev–Trinajstić information content (AvgIpc) is 2.48. The molecule has 0 atom stereocenters. The molecule has 0 amide bonds. The maximum atomic E-state index is 13.1. The van der Waals surface area contributed by atoms with Crippen LogP contribution in [-0.2, 0) is 6.61 Å². The van der Waals surface area contributed by atoms with Gasteiger partial charge in [-0.15, -0.1) is 0 Å². The number of oxime groups is 1. The van der Waals surface area contributed by atoms with Crippen LogP contribution in [-0.4, -0.2) is 16.0 Å². The maximum Gasteiger partial charge on any atom is 0.189 e. The van der Waals surface area contributed by atoms with Gasteiger partial charge in [0, 0.05) is 11.8 Å². The van der Waals surface area contributed by atoms with E-state index in [1.807, 2.05) is 0 Å². The molecule has 2 aromatic rings. The molecule has 0 aliphatic carbocycles. The van der Waals surface area contributed by atoms with E-state index in [1.54, 1.807) is 12.1 Å². The number of pyridine rings is 1. The van der Waals surface area contributed by atoms with Gasteiger partial charge in [-0.3, -0.25) is 4.98 Å². The van der Waals surface area contributed by atoms with Crippen LogP contribution in [0.4, 0.5) is 4.39 Å². The number of hydrogen-bond donors (Lipinski definition) is 2. The first-order chi connectivity index (χ1) is 9.61. The second-order valence-corrected chi connectivity index (χ2v) is 4.72. The number of rotatable bonds is 4. The highest BCUT2D eigenvalue weighted by molar-refractivity contribution is 9.10. The topological polar surface area (TPSA) is 80.7 Å². The lowest BCUT2D eigenvalue weighted by Gasteiger charge is -2.09. The molecule has 0 saturated carbocycles. The van der Waals surface area contributed by atoms with Gasteiger partial charge in [-0.2, -0.15) is 0 Å². The lowest BCUT2D eigenvalue weighted by molar-refractivity contribution is 0.303. The summed E-state index contributed by atoms with van der Waals surface area (Å²) in [6, 6.07) is 7.80. The lowest BCUT2D eigenvalue weighted by Crippen LogP contribution is -2.18. The average molecular weight is 340 g/mol. The number of halogens is 2. The van der Waals surface area contributed by atoms with E-state index in [-0.39, 0.29) is 18.3 Å². The number of ether oxygens (including phenoxy) is 1. The zero-order valence-corrected chi connectivity index (χ0v) is 11.8. The van der Waals surface area contributed by atoms with Crippen LogP contribution < -0.4 is 10.5 Å². The van der Waals surface area contributed by atoms with Crippen molar-refractivity contribution in [3.05, 3.63) is 58.1 Å². The van der Waals surface area contributed by atoms with E-state index >= 15 is 0 Å². The van der Waals surface area contributed by atoms with Gasteiger partial charge in [0.05, 0.1) is 4.47 Å². The first-order valence-electron chi connectivity index (χ1n) is 5.61. The molecule has 20 heavy (non-hydrogen) atoms. The minimum atomic E-state index is -0.365. The van der Waals surface area contributed by atoms with Crippen molar-refractivity contribution in [2.75, 3.05) is 0 Å². The van der Waals surface area contributed by atoms with Gasteiger partial charge in [0.25, 0.3) is 0 Å². The minimum absolute atomic E-state index is 0.0931. The highest BCUT2D eigenvalue weighted by Crippen LogP contribution is 2.22. The van der Waals surface area contributed by atoms with Crippen molar-refractivity contribution in [2.24, 2.45) is 10.9 Å². The molecule has 104 valence electrons. The summed E-state index contributed by atoms with van der Waals surface area (Å²) in [5.74, 6) is 0.0353. The molecule has 7 heteroatoms. The Morgan fingerprint density at radius 2 is 2.25 bits per heavy atom. The summed E-state index contributed by atoms with van der Waals surface area (Å²) in [6.45, 7) is 0.164. The third kappa shape index (κ3) is 3.24. The fourth-order valence-electron chi connectivity index (χ4n) is 1.56. The van der Waals surface area contributed by atoms with Crippen molar-refractivity contribution in [1.29, 1.82) is 0 Å². The van der Waals surface area contributed by atoms with Gasteiger partial charge in [-0.1, -0.05) is 11.2 Å². The fourth-order valence-corrected chi connectivity index (χ4v) is 1.92. The van der Waals surface area contributed by atoms with Gasteiger partial charge >= 0.3 is 0 Å². The maximum absolute atomic E-state index is 13.1. The number of aromatic nitrogens is 1.